The van der Waals surface area contributed by atoms with Crippen molar-refractivity contribution in [1.82, 2.24) is 4.98 Å². The standard InChI is InChI=1S/C11H10F5NO2/c1-2-19-8(18)5-7-9(10(12)13)6(3-4-17-7)11(14,15)16/h3-4,10H,2,5H2,1H3. The second kappa shape index (κ2) is 5.94. The molecule has 0 unspecified atom stereocenters. The van der Waals surface area contributed by atoms with Gasteiger partial charge in [0, 0.05) is 6.20 Å². The summed E-state index contributed by atoms with van der Waals surface area (Å²) in [4.78, 5) is 14.6. The largest absolute Gasteiger partial charge is 0.466 e. The predicted molar refractivity (Wildman–Crippen MR) is 54.5 cm³/mol. The van der Waals surface area contributed by atoms with Crippen LogP contribution in [0.25, 0.3) is 0 Å². The van der Waals surface area contributed by atoms with Crippen molar-refractivity contribution in [2.24, 2.45) is 0 Å². The molecule has 0 atom stereocenters. The fourth-order valence-corrected chi connectivity index (χ4v) is 1.50. The van der Waals surface area contributed by atoms with Gasteiger partial charge in [0.05, 0.1) is 29.8 Å². The number of rotatable bonds is 4. The van der Waals surface area contributed by atoms with E-state index in [1.807, 2.05) is 0 Å². The number of carbonyl (C=O) groups is 1. The van der Waals surface area contributed by atoms with E-state index in [4.69, 9.17) is 0 Å². The van der Waals surface area contributed by atoms with Gasteiger partial charge in [-0.25, -0.2) is 8.78 Å². The number of pyridine rings is 1. The number of hydrogen-bond acceptors (Lipinski definition) is 3. The van der Waals surface area contributed by atoms with Gasteiger partial charge in [-0.05, 0) is 13.0 Å². The second-order valence-electron chi connectivity index (χ2n) is 3.50. The molecule has 1 rings (SSSR count). The zero-order valence-corrected chi connectivity index (χ0v) is 9.80. The quantitative estimate of drug-likeness (QED) is 0.629. The van der Waals surface area contributed by atoms with E-state index in [0.717, 1.165) is 6.20 Å². The Kier molecular flexibility index (Phi) is 4.79. The van der Waals surface area contributed by atoms with Gasteiger partial charge in [-0.15, -0.1) is 0 Å². The molecular weight excluding hydrogens is 273 g/mol. The first-order valence-corrected chi connectivity index (χ1v) is 5.26. The number of aromatic nitrogens is 1. The van der Waals surface area contributed by atoms with Crippen LogP contribution in [-0.4, -0.2) is 17.6 Å². The smallest absolute Gasteiger partial charge is 0.417 e. The normalized spacial score (nSPS) is 11.7. The number of hydrogen-bond donors (Lipinski definition) is 0. The molecule has 0 saturated heterocycles. The number of ether oxygens (including phenoxy) is 1. The third-order valence-corrected chi connectivity index (χ3v) is 2.21. The molecule has 0 amide bonds. The second-order valence-corrected chi connectivity index (χ2v) is 3.50. The molecule has 1 aromatic heterocycles. The molecular formula is C11H10F5NO2. The molecule has 0 fully saturated rings. The number of nitrogens with zero attached hydrogens (tertiary/aromatic N) is 1. The first-order valence-electron chi connectivity index (χ1n) is 5.26. The topological polar surface area (TPSA) is 39.2 Å². The van der Waals surface area contributed by atoms with Crippen LogP contribution in [0.15, 0.2) is 12.3 Å². The summed E-state index contributed by atoms with van der Waals surface area (Å²) in [6, 6.07) is 0.455. The van der Waals surface area contributed by atoms with Gasteiger partial charge in [-0.3, -0.25) is 9.78 Å². The Morgan fingerprint density at radius 1 is 1.42 bits per heavy atom. The summed E-state index contributed by atoms with van der Waals surface area (Å²) in [5, 5.41) is 0. The molecule has 0 aliphatic rings. The molecule has 1 heterocycles. The molecule has 0 aliphatic heterocycles. The Bertz CT molecular complexity index is 459. The van der Waals surface area contributed by atoms with Crippen LogP contribution in [0.3, 0.4) is 0 Å². The van der Waals surface area contributed by atoms with Crippen LogP contribution in [0, 0.1) is 0 Å². The van der Waals surface area contributed by atoms with Gasteiger partial charge in [0.2, 0.25) is 0 Å². The van der Waals surface area contributed by atoms with E-state index >= 15 is 0 Å². The lowest BCUT2D eigenvalue weighted by atomic mass is 10.0. The molecule has 0 saturated carbocycles. The van der Waals surface area contributed by atoms with E-state index in [2.05, 4.69) is 9.72 Å². The van der Waals surface area contributed by atoms with Crippen molar-refractivity contribution in [3.63, 3.8) is 0 Å². The van der Waals surface area contributed by atoms with Crippen LogP contribution < -0.4 is 0 Å². The zero-order chi connectivity index (χ0) is 14.6. The van der Waals surface area contributed by atoms with Crippen LogP contribution in [0.1, 0.15) is 30.2 Å². The van der Waals surface area contributed by atoms with Crippen molar-refractivity contribution >= 4 is 5.97 Å². The van der Waals surface area contributed by atoms with Gasteiger partial charge in [0.25, 0.3) is 6.43 Å². The van der Waals surface area contributed by atoms with Crippen LogP contribution >= 0.6 is 0 Å². The maximum atomic E-state index is 12.8. The highest BCUT2D eigenvalue weighted by molar-refractivity contribution is 5.72. The average molecular weight is 283 g/mol. The minimum Gasteiger partial charge on any atom is -0.466 e. The lowest BCUT2D eigenvalue weighted by Gasteiger charge is -2.15. The monoisotopic (exact) mass is 283 g/mol. The van der Waals surface area contributed by atoms with Gasteiger partial charge in [0.1, 0.15) is 0 Å². The Morgan fingerprint density at radius 3 is 2.53 bits per heavy atom. The van der Waals surface area contributed by atoms with E-state index in [-0.39, 0.29) is 6.61 Å². The van der Waals surface area contributed by atoms with Gasteiger partial charge in [-0.1, -0.05) is 0 Å². The molecule has 0 radical (unpaired) electrons. The van der Waals surface area contributed by atoms with Crippen molar-refractivity contribution in [1.29, 1.82) is 0 Å². The van der Waals surface area contributed by atoms with Crippen molar-refractivity contribution < 1.29 is 31.5 Å². The van der Waals surface area contributed by atoms with Gasteiger partial charge >= 0.3 is 12.1 Å². The maximum absolute atomic E-state index is 12.8. The van der Waals surface area contributed by atoms with Crippen LogP contribution in [-0.2, 0) is 22.1 Å². The lowest BCUT2D eigenvalue weighted by molar-refractivity contribution is -0.143. The minimum absolute atomic E-state index is 0.00179. The van der Waals surface area contributed by atoms with Crippen LogP contribution in [0.4, 0.5) is 22.0 Å². The third-order valence-electron chi connectivity index (χ3n) is 2.21. The summed E-state index contributed by atoms with van der Waals surface area (Å²) in [6.45, 7) is 1.49. The highest BCUT2D eigenvalue weighted by Crippen LogP contribution is 2.37. The molecule has 0 bridgehead atoms. The Labute approximate surface area is 105 Å². The van der Waals surface area contributed by atoms with E-state index in [0.29, 0.717) is 6.07 Å². The molecule has 19 heavy (non-hydrogen) atoms. The van der Waals surface area contributed by atoms with E-state index in [1.54, 1.807) is 0 Å². The van der Waals surface area contributed by atoms with E-state index < -0.39 is 41.8 Å². The summed E-state index contributed by atoms with van der Waals surface area (Å²) in [5.41, 5.74) is -3.39. The molecule has 0 spiro atoms. The fourth-order valence-electron chi connectivity index (χ4n) is 1.50. The zero-order valence-electron chi connectivity index (χ0n) is 9.80. The van der Waals surface area contributed by atoms with Crippen molar-refractivity contribution in [2.75, 3.05) is 6.61 Å². The Hall–Kier alpha value is -1.73. The number of carbonyl (C=O) groups excluding carboxylic acids is 1. The molecule has 8 heteroatoms. The Balaban J connectivity index is 3.21. The predicted octanol–water partition coefficient (Wildman–Crippen LogP) is 3.14. The minimum atomic E-state index is -4.93. The number of esters is 1. The van der Waals surface area contributed by atoms with E-state index in [1.165, 1.54) is 6.92 Å². The first kappa shape index (κ1) is 15.3. The fraction of sp³-hybridized carbons (Fsp3) is 0.455. The molecule has 106 valence electrons. The summed E-state index contributed by atoms with van der Waals surface area (Å²) in [7, 11) is 0. The maximum Gasteiger partial charge on any atom is 0.417 e. The van der Waals surface area contributed by atoms with Gasteiger partial charge in [-0.2, -0.15) is 13.2 Å². The third kappa shape index (κ3) is 3.87. The van der Waals surface area contributed by atoms with Crippen molar-refractivity contribution in [3.05, 3.63) is 29.1 Å². The van der Waals surface area contributed by atoms with Gasteiger partial charge < -0.3 is 4.74 Å². The van der Waals surface area contributed by atoms with Crippen molar-refractivity contribution in [2.45, 2.75) is 25.9 Å². The highest BCUT2D eigenvalue weighted by Gasteiger charge is 2.37. The average Bonchev–Trinajstić information content (AvgIpc) is 2.27. The van der Waals surface area contributed by atoms with Gasteiger partial charge in [0.15, 0.2) is 0 Å². The van der Waals surface area contributed by atoms with Crippen LogP contribution in [0.2, 0.25) is 0 Å². The van der Waals surface area contributed by atoms with Crippen molar-refractivity contribution in [3.8, 4) is 0 Å². The summed E-state index contributed by atoms with van der Waals surface area (Å²) >= 11 is 0. The number of halogens is 5. The lowest BCUT2D eigenvalue weighted by Crippen LogP contribution is -2.16. The van der Waals surface area contributed by atoms with Crippen LogP contribution in [0.5, 0.6) is 0 Å². The summed E-state index contributed by atoms with van der Waals surface area (Å²) < 4.78 is 67.8. The number of alkyl halides is 5. The summed E-state index contributed by atoms with van der Waals surface area (Å²) in [5.74, 6) is -0.906. The highest BCUT2D eigenvalue weighted by atomic mass is 19.4. The molecule has 0 aliphatic carbocycles. The SMILES string of the molecule is CCOC(=O)Cc1nccc(C(F)(F)F)c1C(F)F. The first-order chi connectivity index (χ1) is 8.77. The molecule has 0 N–H and O–H groups in total. The molecule has 1 aromatic rings. The molecule has 0 aromatic carbocycles. The summed E-state index contributed by atoms with van der Waals surface area (Å²) in [6.07, 6.45) is -8.30. The Morgan fingerprint density at radius 2 is 2.05 bits per heavy atom. The molecule has 3 nitrogen and oxygen atoms in total. The van der Waals surface area contributed by atoms with E-state index in [9.17, 15) is 26.7 Å².